The molecule has 2 atom stereocenters. The van der Waals surface area contributed by atoms with E-state index >= 15 is 0 Å². The molecule has 428 valence electrons. The first-order valence-corrected chi connectivity index (χ1v) is 31.6. The van der Waals surface area contributed by atoms with Crippen molar-refractivity contribution in [2.45, 2.75) is 120 Å². The van der Waals surface area contributed by atoms with Gasteiger partial charge in [-0.05, 0) is 195 Å². The maximum Gasteiger partial charge on any atom is 0.0725 e. The number of para-hydroxylation sites is 1. The van der Waals surface area contributed by atoms with Crippen molar-refractivity contribution in [1.29, 1.82) is 0 Å². The van der Waals surface area contributed by atoms with E-state index in [1.807, 2.05) is 41.5 Å². The molecule has 0 fully saturated rings. The molecule has 15 rings (SSSR count). The Hall–Kier alpha value is -8.52. The fourth-order valence-corrected chi connectivity index (χ4v) is 13.8. The van der Waals surface area contributed by atoms with E-state index in [-0.39, 0.29) is 10.8 Å². The summed E-state index contributed by atoms with van der Waals surface area (Å²) in [5, 5.41) is 1.28. The highest BCUT2D eigenvalue weighted by Crippen LogP contribution is 2.63. The Labute approximate surface area is 509 Å². The van der Waals surface area contributed by atoms with E-state index in [1.54, 1.807) is 0 Å². The molecule has 5 aliphatic carbocycles. The largest absolute Gasteiger partial charge is 0.317 e. The average molecular weight is 1110 g/mol. The van der Waals surface area contributed by atoms with E-state index < -0.39 is 0 Å². The quantitative estimate of drug-likeness (QED) is 0.162. The van der Waals surface area contributed by atoms with E-state index in [4.69, 9.17) is 0 Å². The predicted octanol–water partition coefficient (Wildman–Crippen LogP) is 23.2. The summed E-state index contributed by atoms with van der Waals surface area (Å²) in [6.07, 6.45) is 17.5. The minimum Gasteiger partial charge on any atom is -0.317 e. The molecule has 85 heavy (non-hydrogen) atoms. The van der Waals surface area contributed by atoms with E-state index in [1.165, 1.54) is 140 Å². The van der Waals surface area contributed by atoms with Crippen LogP contribution in [0.2, 0.25) is 0 Å². The molecule has 1 spiro atoms. The highest BCUT2D eigenvalue weighted by Gasteiger charge is 2.51. The summed E-state index contributed by atoms with van der Waals surface area (Å²) in [5.74, 6) is 1.20. The molecule has 0 saturated carbocycles. The molecule has 0 saturated heterocycles. The number of allylic oxidation sites excluding steroid dienone is 8. The van der Waals surface area contributed by atoms with E-state index in [2.05, 4.69) is 296 Å². The van der Waals surface area contributed by atoms with Crippen molar-refractivity contribution in [3.8, 4) is 39.1 Å². The van der Waals surface area contributed by atoms with Gasteiger partial charge in [0.05, 0.1) is 10.9 Å². The van der Waals surface area contributed by atoms with Gasteiger partial charge in [0.2, 0.25) is 0 Å². The molecular formula is C84H87N. The Morgan fingerprint density at radius 3 is 1.64 bits per heavy atom. The summed E-state index contributed by atoms with van der Waals surface area (Å²) >= 11 is 0. The van der Waals surface area contributed by atoms with Crippen LogP contribution < -0.4 is 0 Å². The maximum absolute atomic E-state index is 2.61. The van der Waals surface area contributed by atoms with Gasteiger partial charge in [-0.2, -0.15) is 0 Å². The Bertz CT molecular complexity index is 4060. The Kier molecular flexibility index (Phi) is 18.1. The van der Waals surface area contributed by atoms with Crippen LogP contribution in [0.4, 0.5) is 0 Å². The van der Waals surface area contributed by atoms with Crippen LogP contribution in [0.1, 0.15) is 142 Å². The summed E-state index contributed by atoms with van der Waals surface area (Å²) in [4.78, 5) is 0. The van der Waals surface area contributed by atoms with Crippen molar-refractivity contribution in [2.75, 3.05) is 0 Å². The number of aryl methyl sites for hydroxylation is 4. The van der Waals surface area contributed by atoms with Crippen LogP contribution in [-0.4, -0.2) is 4.57 Å². The highest BCUT2D eigenvalue weighted by molar-refractivity contribution is 5.96. The number of fused-ring (bicyclic) bond motifs is 14. The first-order valence-electron chi connectivity index (χ1n) is 31.6. The van der Waals surface area contributed by atoms with Crippen molar-refractivity contribution in [1.82, 2.24) is 4.57 Å². The lowest BCUT2D eigenvalue weighted by molar-refractivity contribution is 0.606. The van der Waals surface area contributed by atoms with Gasteiger partial charge in [-0.25, -0.2) is 0 Å². The summed E-state index contributed by atoms with van der Waals surface area (Å²) in [5.41, 5.74) is 31.4. The fraction of sp³-hybridized carbons (Fsp3) is 0.238. The molecule has 1 aromatic heterocycles. The van der Waals surface area contributed by atoms with Crippen LogP contribution in [-0.2, 0) is 17.3 Å². The fourth-order valence-electron chi connectivity index (χ4n) is 13.8. The molecule has 1 nitrogen and oxygen atoms in total. The summed E-state index contributed by atoms with van der Waals surface area (Å²) < 4.78 is 2.25. The second-order valence-corrected chi connectivity index (χ2v) is 23.5. The number of aromatic nitrogens is 1. The molecule has 0 radical (unpaired) electrons. The van der Waals surface area contributed by atoms with Gasteiger partial charge in [-0.3, -0.25) is 0 Å². The number of rotatable bonds is 5. The van der Waals surface area contributed by atoms with Gasteiger partial charge in [0.1, 0.15) is 0 Å². The average Bonchev–Trinajstić information content (AvgIpc) is 1.79. The zero-order valence-electron chi connectivity index (χ0n) is 52.8. The van der Waals surface area contributed by atoms with Crippen molar-refractivity contribution in [3.05, 3.63) is 315 Å². The molecule has 1 heterocycles. The van der Waals surface area contributed by atoms with E-state index in [0.717, 1.165) is 12.8 Å². The summed E-state index contributed by atoms with van der Waals surface area (Å²) in [6.45, 7) is 27.8. The zero-order chi connectivity index (χ0) is 60.0. The monoisotopic (exact) mass is 1110 g/mol. The number of nitrogens with zero attached hydrogens (tertiary/aromatic N) is 1. The molecule has 10 aromatic rings. The van der Waals surface area contributed by atoms with Crippen molar-refractivity contribution in [3.63, 3.8) is 0 Å². The Balaban J connectivity index is 0.000000156. The van der Waals surface area contributed by atoms with Gasteiger partial charge < -0.3 is 4.57 Å². The Morgan fingerprint density at radius 1 is 0.459 bits per heavy atom. The zero-order valence-corrected chi connectivity index (χ0v) is 52.8. The van der Waals surface area contributed by atoms with Gasteiger partial charge in [0, 0.05) is 22.7 Å². The van der Waals surface area contributed by atoms with Crippen molar-refractivity contribution >= 4 is 22.0 Å². The van der Waals surface area contributed by atoms with Gasteiger partial charge >= 0.3 is 0 Å². The van der Waals surface area contributed by atoms with Crippen LogP contribution in [0.15, 0.2) is 248 Å². The highest BCUT2D eigenvalue weighted by atomic mass is 15.0. The van der Waals surface area contributed by atoms with Crippen molar-refractivity contribution < 1.29 is 0 Å². The van der Waals surface area contributed by atoms with Crippen LogP contribution in [0, 0.1) is 39.5 Å². The standard InChI is InChI=1S/C42H34.C22H19N.C14H16.3C2H6/c1-26-16-19-32-33-20-17-27(24-39(33)41(2,3)38(32)22-26)23-28-18-21-34-31-12-6-9-15-37(31)42(40(34)25-28)35-13-7-4-10-29(35)30-11-5-8-14-36(30)42;1-16-8-6-7-11-20(16)21-15-18-12-13-23(22(18)14-17(21)2)19-9-4-3-5-10-19;1-11-3-7-13(8-4-11)14-9-5-12(2)6-10-14;3*1-2/h4-16,18-22,24-25,27H,17,23H2,1-3H3;3-15H,1-2H3;3-5,7-10,12H,6H2,1-2H3;3*1-2H3. The molecule has 0 bridgehead atoms. The van der Waals surface area contributed by atoms with Crippen LogP contribution in [0.5, 0.6) is 0 Å². The van der Waals surface area contributed by atoms with Crippen LogP contribution >= 0.6 is 0 Å². The summed E-state index contributed by atoms with van der Waals surface area (Å²) in [7, 11) is 0. The molecule has 0 aliphatic heterocycles. The first kappa shape index (κ1) is 59.6. The number of hydrogen-bond donors (Lipinski definition) is 0. The SMILES string of the molecule is CC.CC.CC.Cc1ccc(C2=CCC(C)C=C2)cc1.Cc1ccc2c(c1)C(C)(C)C1=CC(Cc3ccc4c(c3)C3(c5ccccc5-c5ccccc53)c3ccccc3-4)CC=C12.Cc1ccccc1-c1cc2ccn(-c3ccccc3)c2cc1C. The normalized spacial score (nSPS) is 16.1. The van der Waals surface area contributed by atoms with Crippen LogP contribution in [0.3, 0.4) is 0 Å². The number of benzene rings is 9. The smallest absolute Gasteiger partial charge is 0.0725 e. The van der Waals surface area contributed by atoms with Gasteiger partial charge in [-0.1, -0.05) is 280 Å². The topological polar surface area (TPSA) is 4.93 Å². The minimum absolute atomic E-state index is 0.0484. The molecule has 2 unspecified atom stereocenters. The lowest BCUT2D eigenvalue weighted by Crippen LogP contribution is -2.26. The molecule has 0 N–H and O–H groups in total. The van der Waals surface area contributed by atoms with E-state index in [9.17, 15) is 0 Å². The van der Waals surface area contributed by atoms with Crippen LogP contribution in [0.25, 0.3) is 61.1 Å². The van der Waals surface area contributed by atoms with Gasteiger partial charge in [0.25, 0.3) is 0 Å². The second kappa shape index (κ2) is 25.8. The third kappa shape index (κ3) is 11.1. The third-order valence-electron chi connectivity index (χ3n) is 17.9. The predicted molar refractivity (Wildman–Crippen MR) is 369 cm³/mol. The molecular weight excluding hydrogens is 1020 g/mol. The van der Waals surface area contributed by atoms with Gasteiger partial charge in [-0.15, -0.1) is 0 Å². The van der Waals surface area contributed by atoms with Gasteiger partial charge in [0.15, 0.2) is 0 Å². The molecule has 1 heteroatoms. The number of hydrogen-bond acceptors (Lipinski definition) is 0. The minimum atomic E-state index is -0.264. The molecule has 9 aromatic carbocycles. The molecule has 5 aliphatic rings. The second-order valence-electron chi connectivity index (χ2n) is 23.5. The van der Waals surface area contributed by atoms with E-state index in [0.29, 0.717) is 11.8 Å². The Morgan fingerprint density at radius 2 is 1.02 bits per heavy atom. The third-order valence-corrected chi connectivity index (χ3v) is 17.9. The van der Waals surface area contributed by atoms with Crippen molar-refractivity contribution in [2.24, 2.45) is 11.8 Å². The summed E-state index contributed by atoms with van der Waals surface area (Å²) in [6, 6.07) is 76.3. The first-order chi connectivity index (χ1) is 41.5. The lowest BCUT2D eigenvalue weighted by atomic mass is 9.70. The molecule has 0 amide bonds. The lowest BCUT2D eigenvalue weighted by Gasteiger charge is -2.31. The maximum atomic E-state index is 2.61.